The van der Waals surface area contributed by atoms with Crippen molar-refractivity contribution in [1.29, 1.82) is 0 Å². The molecule has 0 atom stereocenters. The summed E-state index contributed by atoms with van der Waals surface area (Å²) in [6.45, 7) is 3.49. The van der Waals surface area contributed by atoms with E-state index in [0.717, 1.165) is 12.3 Å². The van der Waals surface area contributed by atoms with Crippen molar-refractivity contribution in [2.75, 3.05) is 19.8 Å². The SMILES string of the molecule is CC1(COC(=O)c2ccc(F)nc2)COC1. The molecule has 1 aliphatic rings. The third-order valence-electron chi connectivity index (χ3n) is 2.42. The number of hydrogen-bond donors (Lipinski definition) is 0. The molecule has 1 fully saturated rings. The van der Waals surface area contributed by atoms with Crippen molar-refractivity contribution in [3.8, 4) is 0 Å². The third kappa shape index (κ3) is 2.36. The minimum Gasteiger partial charge on any atom is -0.461 e. The van der Waals surface area contributed by atoms with Gasteiger partial charge in [0.2, 0.25) is 5.95 Å². The number of carbonyl (C=O) groups excluding carboxylic acids is 1. The molecule has 0 saturated carbocycles. The van der Waals surface area contributed by atoms with Crippen molar-refractivity contribution in [3.05, 3.63) is 29.8 Å². The van der Waals surface area contributed by atoms with Crippen molar-refractivity contribution in [3.63, 3.8) is 0 Å². The fourth-order valence-electron chi connectivity index (χ4n) is 1.35. The number of carbonyl (C=O) groups is 1. The summed E-state index contributed by atoms with van der Waals surface area (Å²) in [5, 5.41) is 0. The van der Waals surface area contributed by atoms with Crippen LogP contribution in [0.5, 0.6) is 0 Å². The zero-order valence-electron chi connectivity index (χ0n) is 8.90. The van der Waals surface area contributed by atoms with E-state index in [2.05, 4.69) is 4.98 Å². The van der Waals surface area contributed by atoms with E-state index in [0.29, 0.717) is 19.8 Å². The highest BCUT2D eigenvalue weighted by Gasteiger charge is 2.34. The van der Waals surface area contributed by atoms with Crippen LogP contribution < -0.4 is 0 Å². The van der Waals surface area contributed by atoms with E-state index in [1.807, 2.05) is 6.92 Å². The fraction of sp³-hybridized carbons (Fsp3) is 0.455. The average Bonchev–Trinajstić information content (AvgIpc) is 2.24. The van der Waals surface area contributed by atoms with Crippen molar-refractivity contribution >= 4 is 5.97 Å². The minimum atomic E-state index is -0.615. The summed E-state index contributed by atoms with van der Waals surface area (Å²) < 4.78 is 22.6. The van der Waals surface area contributed by atoms with Crippen molar-refractivity contribution in [1.82, 2.24) is 4.98 Å². The van der Waals surface area contributed by atoms with Gasteiger partial charge in [0.25, 0.3) is 0 Å². The van der Waals surface area contributed by atoms with Gasteiger partial charge in [-0.2, -0.15) is 4.39 Å². The summed E-state index contributed by atoms with van der Waals surface area (Å²) in [7, 11) is 0. The van der Waals surface area contributed by atoms with Crippen LogP contribution in [0.3, 0.4) is 0 Å². The van der Waals surface area contributed by atoms with Gasteiger partial charge in [-0.15, -0.1) is 0 Å². The molecular weight excluding hydrogens is 213 g/mol. The van der Waals surface area contributed by atoms with Crippen LogP contribution in [-0.4, -0.2) is 30.8 Å². The van der Waals surface area contributed by atoms with Crippen molar-refractivity contribution in [2.45, 2.75) is 6.92 Å². The number of ether oxygens (including phenoxy) is 2. The van der Waals surface area contributed by atoms with E-state index in [9.17, 15) is 9.18 Å². The normalized spacial score (nSPS) is 17.6. The minimum absolute atomic E-state index is 0.0802. The number of nitrogens with zero attached hydrogens (tertiary/aromatic N) is 1. The first kappa shape index (κ1) is 11.0. The zero-order chi connectivity index (χ0) is 11.6. The number of rotatable bonds is 3. The van der Waals surface area contributed by atoms with Gasteiger partial charge in [-0.25, -0.2) is 9.78 Å². The smallest absolute Gasteiger partial charge is 0.339 e. The summed E-state index contributed by atoms with van der Waals surface area (Å²) in [4.78, 5) is 14.9. The van der Waals surface area contributed by atoms with Gasteiger partial charge in [0.05, 0.1) is 18.8 Å². The van der Waals surface area contributed by atoms with Crippen LogP contribution in [0.15, 0.2) is 18.3 Å². The summed E-state index contributed by atoms with van der Waals surface area (Å²) in [5.74, 6) is -1.10. The van der Waals surface area contributed by atoms with Gasteiger partial charge in [-0.3, -0.25) is 0 Å². The van der Waals surface area contributed by atoms with Crippen LogP contribution in [0.2, 0.25) is 0 Å². The monoisotopic (exact) mass is 225 g/mol. The molecule has 0 spiro atoms. The van der Waals surface area contributed by atoms with E-state index < -0.39 is 11.9 Å². The maximum absolute atomic E-state index is 12.5. The summed E-state index contributed by atoms with van der Waals surface area (Å²) >= 11 is 0. The lowest BCUT2D eigenvalue weighted by atomic mass is 9.90. The van der Waals surface area contributed by atoms with Crippen LogP contribution in [-0.2, 0) is 9.47 Å². The molecule has 1 saturated heterocycles. The topological polar surface area (TPSA) is 48.4 Å². The van der Waals surface area contributed by atoms with Gasteiger partial charge in [0.15, 0.2) is 0 Å². The number of hydrogen-bond acceptors (Lipinski definition) is 4. The molecule has 0 N–H and O–H groups in total. The van der Waals surface area contributed by atoms with Gasteiger partial charge in [-0.05, 0) is 12.1 Å². The molecule has 2 rings (SSSR count). The second-order valence-corrected chi connectivity index (χ2v) is 4.25. The highest BCUT2D eigenvalue weighted by Crippen LogP contribution is 2.26. The lowest BCUT2D eigenvalue weighted by Crippen LogP contribution is -2.44. The molecule has 1 aromatic heterocycles. The molecule has 0 unspecified atom stereocenters. The molecule has 2 heterocycles. The number of aromatic nitrogens is 1. The lowest BCUT2D eigenvalue weighted by molar-refractivity contribution is -0.127. The van der Waals surface area contributed by atoms with Gasteiger partial charge < -0.3 is 9.47 Å². The second kappa shape index (κ2) is 4.17. The maximum atomic E-state index is 12.5. The van der Waals surface area contributed by atoms with E-state index in [1.54, 1.807) is 0 Å². The van der Waals surface area contributed by atoms with Crippen LogP contribution >= 0.6 is 0 Å². The molecule has 1 aliphatic heterocycles. The second-order valence-electron chi connectivity index (χ2n) is 4.25. The molecular formula is C11H12FNO3. The van der Waals surface area contributed by atoms with Gasteiger partial charge in [0.1, 0.15) is 6.61 Å². The Morgan fingerprint density at radius 2 is 2.38 bits per heavy atom. The molecule has 0 bridgehead atoms. The fourth-order valence-corrected chi connectivity index (χ4v) is 1.35. The first-order valence-corrected chi connectivity index (χ1v) is 4.96. The largest absolute Gasteiger partial charge is 0.461 e. The molecule has 86 valence electrons. The molecule has 0 aliphatic carbocycles. The summed E-state index contributed by atoms with van der Waals surface area (Å²) in [5.41, 5.74) is 0.175. The lowest BCUT2D eigenvalue weighted by Gasteiger charge is -2.37. The van der Waals surface area contributed by atoms with Gasteiger partial charge in [-0.1, -0.05) is 6.92 Å². The molecule has 4 nitrogen and oxygen atoms in total. The molecule has 1 aromatic rings. The summed E-state index contributed by atoms with van der Waals surface area (Å²) in [6, 6.07) is 2.48. The molecule has 0 aromatic carbocycles. The van der Waals surface area contributed by atoms with E-state index in [4.69, 9.17) is 9.47 Å². The predicted molar refractivity (Wildman–Crippen MR) is 53.4 cm³/mol. The van der Waals surface area contributed by atoms with Gasteiger partial charge >= 0.3 is 5.97 Å². The molecule has 0 amide bonds. The highest BCUT2D eigenvalue weighted by molar-refractivity contribution is 5.88. The van der Waals surface area contributed by atoms with Crippen LogP contribution in [0.25, 0.3) is 0 Å². The predicted octanol–water partition coefficient (Wildman–Crippen LogP) is 1.41. The summed E-state index contributed by atoms with van der Waals surface area (Å²) in [6.07, 6.45) is 1.16. The Balaban J connectivity index is 1.90. The first-order chi connectivity index (χ1) is 7.59. The van der Waals surface area contributed by atoms with Crippen LogP contribution in [0, 0.1) is 11.4 Å². The molecule has 5 heteroatoms. The van der Waals surface area contributed by atoms with Crippen molar-refractivity contribution < 1.29 is 18.7 Å². The zero-order valence-corrected chi connectivity index (χ0v) is 8.90. The highest BCUT2D eigenvalue weighted by atomic mass is 19.1. The third-order valence-corrected chi connectivity index (χ3v) is 2.42. The Morgan fingerprint density at radius 3 is 2.88 bits per heavy atom. The number of esters is 1. The van der Waals surface area contributed by atoms with Crippen LogP contribution in [0.1, 0.15) is 17.3 Å². The molecule has 16 heavy (non-hydrogen) atoms. The first-order valence-electron chi connectivity index (χ1n) is 4.96. The Bertz CT molecular complexity index is 387. The van der Waals surface area contributed by atoms with Crippen LogP contribution in [0.4, 0.5) is 4.39 Å². The Morgan fingerprint density at radius 1 is 1.62 bits per heavy atom. The number of halogens is 1. The maximum Gasteiger partial charge on any atom is 0.339 e. The van der Waals surface area contributed by atoms with E-state index in [-0.39, 0.29) is 11.0 Å². The quantitative estimate of drug-likeness (QED) is 0.576. The van der Waals surface area contributed by atoms with Crippen molar-refractivity contribution in [2.24, 2.45) is 5.41 Å². The number of pyridine rings is 1. The van der Waals surface area contributed by atoms with E-state index in [1.165, 1.54) is 6.07 Å². The average molecular weight is 225 g/mol. The standard InChI is InChI=1S/C11H12FNO3/c1-11(5-15-6-11)7-16-10(14)8-2-3-9(12)13-4-8/h2-4H,5-7H2,1H3. The Labute approximate surface area is 92.4 Å². The van der Waals surface area contributed by atoms with E-state index >= 15 is 0 Å². The van der Waals surface area contributed by atoms with Gasteiger partial charge in [0, 0.05) is 11.6 Å². The Kier molecular flexibility index (Phi) is 2.87. The molecule has 0 radical (unpaired) electrons. The Hall–Kier alpha value is -1.49.